The second-order valence-corrected chi connectivity index (χ2v) is 9.96. The minimum atomic E-state index is -0.753. The Labute approximate surface area is 205 Å². The van der Waals surface area contributed by atoms with Crippen LogP contribution in [0.3, 0.4) is 0 Å². The molecule has 7 nitrogen and oxygen atoms in total. The first-order valence-electron chi connectivity index (χ1n) is 12.6. The molecule has 184 valence electrons. The number of nitrogens with one attached hydrogen (secondary N) is 1. The molecule has 35 heavy (non-hydrogen) atoms. The van der Waals surface area contributed by atoms with Crippen LogP contribution < -0.4 is 5.32 Å². The van der Waals surface area contributed by atoms with Crippen LogP contribution in [0.15, 0.2) is 48.5 Å². The third-order valence-corrected chi connectivity index (χ3v) is 7.91. The van der Waals surface area contributed by atoms with Crippen LogP contribution in [0.1, 0.15) is 43.2 Å². The summed E-state index contributed by atoms with van der Waals surface area (Å²) in [5, 5.41) is 12.1. The summed E-state index contributed by atoms with van der Waals surface area (Å²) >= 11 is 0. The Hall–Kier alpha value is -3.35. The Balaban J connectivity index is 1.16. The number of aliphatic carboxylic acids is 1. The van der Waals surface area contributed by atoms with Gasteiger partial charge in [-0.25, -0.2) is 4.79 Å². The molecule has 0 radical (unpaired) electrons. The number of carboxylic acid groups (broad SMARTS) is 1. The van der Waals surface area contributed by atoms with Gasteiger partial charge in [0.05, 0.1) is 11.8 Å². The number of piperidine rings is 1. The monoisotopic (exact) mass is 476 g/mol. The van der Waals surface area contributed by atoms with E-state index in [4.69, 9.17) is 4.74 Å². The number of carbonyl (C=O) groups is 3. The molecule has 2 N–H and O–H groups in total. The van der Waals surface area contributed by atoms with Crippen LogP contribution in [0.2, 0.25) is 0 Å². The molecule has 0 spiro atoms. The number of ether oxygens (including phenoxy) is 1. The number of fused-ring (bicyclic) bond motifs is 4. The molecule has 0 bridgehead atoms. The zero-order valence-corrected chi connectivity index (χ0v) is 20.0. The number of hydrogen-bond donors (Lipinski definition) is 2. The van der Waals surface area contributed by atoms with E-state index in [1.807, 2.05) is 31.2 Å². The number of nitrogens with zero attached hydrogens (tertiary/aromatic N) is 1. The van der Waals surface area contributed by atoms with Crippen LogP contribution in [-0.2, 0) is 14.3 Å². The fourth-order valence-electron chi connectivity index (χ4n) is 6.08. The summed E-state index contributed by atoms with van der Waals surface area (Å²) in [6, 6.07) is 16.4. The molecule has 1 heterocycles. The lowest BCUT2D eigenvalue weighted by Crippen LogP contribution is -2.44. The number of amides is 2. The highest BCUT2D eigenvalue weighted by atomic mass is 16.5. The quantitative estimate of drug-likeness (QED) is 0.598. The van der Waals surface area contributed by atoms with Gasteiger partial charge < -0.3 is 20.1 Å². The Bertz CT molecular complexity index is 1090. The van der Waals surface area contributed by atoms with E-state index < -0.39 is 12.1 Å². The third-order valence-electron chi connectivity index (χ3n) is 7.91. The van der Waals surface area contributed by atoms with Crippen molar-refractivity contribution >= 4 is 18.0 Å². The third kappa shape index (κ3) is 4.51. The maximum atomic E-state index is 13.2. The number of alkyl carbamates (subject to hydrolysis) is 1. The first-order valence-corrected chi connectivity index (χ1v) is 12.6. The molecule has 3 aliphatic rings. The van der Waals surface area contributed by atoms with Crippen molar-refractivity contribution in [1.82, 2.24) is 10.2 Å². The highest BCUT2D eigenvalue weighted by molar-refractivity contribution is 5.81. The topological polar surface area (TPSA) is 95.9 Å². The minimum absolute atomic E-state index is 0.000265. The van der Waals surface area contributed by atoms with Crippen LogP contribution in [0, 0.1) is 23.7 Å². The molecule has 2 aliphatic carbocycles. The van der Waals surface area contributed by atoms with Gasteiger partial charge in [-0.15, -0.1) is 0 Å². The lowest BCUT2D eigenvalue weighted by atomic mass is 9.98. The zero-order chi connectivity index (χ0) is 24.5. The molecule has 2 aromatic carbocycles. The van der Waals surface area contributed by atoms with Gasteiger partial charge in [-0.2, -0.15) is 0 Å². The highest BCUT2D eigenvalue weighted by Crippen LogP contribution is 2.51. The maximum absolute atomic E-state index is 13.2. The van der Waals surface area contributed by atoms with Crippen LogP contribution in [0.5, 0.6) is 0 Å². The van der Waals surface area contributed by atoms with Crippen molar-refractivity contribution < 1.29 is 24.2 Å². The molecule has 2 unspecified atom stereocenters. The van der Waals surface area contributed by atoms with Crippen molar-refractivity contribution in [3.63, 3.8) is 0 Å². The Morgan fingerprint density at radius 2 is 1.71 bits per heavy atom. The van der Waals surface area contributed by atoms with Gasteiger partial charge in [0.15, 0.2) is 0 Å². The largest absolute Gasteiger partial charge is 0.481 e. The summed E-state index contributed by atoms with van der Waals surface area (Å²) in [5.41, 5.74) is 4.66. The molecule has 5 rings (SSSR count). The van der Waals surface area contributed by atoms with Crippen LogP contribution >= 0.6 is 0 Å². The molecular formula is C28H32N2O5. The van der Waals surface area contributed by atoms with E-state index in [0.29, 0.717) is 19.5 Å². The van der Waals surface area contributed by atoms with Crippen LogP contribution in [0.4, 0.5) is 4.79 Å². The van der Waals surface area contributed by atoms with Gasteiger partial charge >= 0.3 is 12.1 Å². The lowest BCUT2D eigenvalue weighted by molar-refractivity contribution is -0.140. The summed E-state index contributed by atoms with van der Waals surface area (Å²) in [7, 11) is 0. The highest BCUT2D eigenvalue weighted by Gasteiger charge is 2.57. The molecule has 2 fully saturated rings. The van der Waals surface area contributed by atoms with Gasteiger partial charge in [-0.1, -0.05) is 61.9 Å². The Morgan fingerprint density at radius 1 is 1.06 bits per heavy atom. The van der Waals surface area contributed by atoms with Crippen molar-refractivity contribution in [3.05, 3.63) is 59.7 Å². The number of benzene rings is 2. The van der Waals surface area contributed by atoms with Crippen LogP contribution in [0.25, 0.3) is 11.1 Å². The lowest BCUT2D eigenvalue weighted by Gasteiger charge is -2.30. The van der Waals surface area contributed by atoms with Gasteiger partial charge in [0, 0.05) is 25.6 Å². The Morgan fingerprint density at radius 3 is 2.34 bits per heavy atom. The summed E-state index contributed by atoms with van der Waals surface area (Å²) in [5.74, 6) is -1.13. The number of rotatable bonds is 8. The Kier molecular flexibility index (Phi) is 6.50. The van der Waals surface area contributed by atoms with Crippen LogP contribution in [-0.4, -0.2) is 54.2 Å². The number of hydrogen-bond acceptors (Lipinski definition) is 4. The second-order valence-electron chi connectivity index (χ2n) is 9.96. The minimum Gasteiger partial charge on any atom is -0.481 e. The molecule has 1 saturated heterocycles. The van der Waals surface area contributed by atoms with E-state index in [1.54, 1.807) is 4.90 Å². The zero-order valence-electron chi connectivity index (χ0n) is 20.0. The van der Waals surface area contributed by atoms with Crippen molar-refractivity contribution in [2.45, 2.75) is 32.1 Å². The summed E-state index contributed by atoms with van der Waals surface area (Å²) in [4.78, 5) is 38.9. The molecule has 2 aromatic rings. The maximum Gasteiger partial charge on any atom is 0.407 e. The molecule has 1 saturated carbocycles. The molecule has 7 heteroatoms. The molecule has 0 aromatic heterocycles. The van der Waals surface area contributed by atoms with Crippen molar-refractivity contribution in [2.75, 3.05) is 26.2 Å². The van der Waals surface area contributed by atoms with Crippen molar-refractivity contribution in [2.24, 2.45) is 23.7 Å². The predicted octanol–water partition coefficient (Wildman–Crippen LogP) is 4.12. The van der Waals surface area contributed by atoms with Crippen molar-refractivity contribution in [3.8, 4) is 11.1 Å². The average molecular weight is 477 g/mol. The summed E-state index contributed by atoms with van der Waals surface area (Å²) in [6.07, 6.45) is 1.70. The van der Waals surface area contributed by atoms with E-state index in [1.165, 1.54) is 11.1 Å². The van der Waals surface area contributed by atoms with Gasteiger partial charge in [-0.3, -0.25) is 9.59 Å². The number of carboxylic acids is 1. The number of likely N-dealkylation sites (tertiary alicyclic amines) is 1. The van der Waals surface area contributed by atoms with Crippen molar-refractivity contribution in [1.29, 1.82) is 0 Å². The molecule has 1 aliphatic heterocycles. The SMILES string of the molecule is CCCC(CNC(=O)OCC1c2ccccc2-c2ccccc21)C(=O)N1CC[C@H]2C(C(=O)O)[C@H]2C1. The molecule has 4 atom stereocenters. The average Bonchev–Trinajstić information content (AvgIpc) is 3.52. The number of carbonyl (C=O) groups excluding carboxylic acids is 2. The summed E-state index contributed by atoms with van der Waals surface area (Å²) < 4.78 is 5.62. The van der Waals surface area contributed by atoms with E-state index in [-0.39, 0.29) is 48.6 Å². The fraction of sp³-hybridized carbons (Fsp3) is 0.464. The van der Waals surface area contributed by atoms with E-state index in [9.17, 15) is 19.5 Å². The standard InChI is InChI=1S/C28H32N2O5/c1-2-7-17(26(31)30-13-12-22-23(15-30)25(22)27(32)33)14-29-28(34)35-16-24-20-10-5-3-8-18(20)19-9-4-6-11-21(19)24/h3-6,8-11,17,22-25H,2,7,12-16H2,1H3,(H,29,34)(H,32,33)/t17?,22-,23+,25?/m1/s1. The van der Waals surface area contributed by atoms with Gasteiger partial charge in [0.25, 0.3) is 0 Å². The summed E-state index contributed by atoms with van der Waals surface area (Å²) in [6.45, 7) is 3.57. The van der Waals surface area contributed by atoms with Gasteiger partial charge in [-0.05, 0) is 46.9 Å². The van der Waals surface area contributed by atoms with Gasteiger partial charge in [0.2, 0.25) is 5.91 Å². The second kappa shape index (κ2) is 9.72. The first-order chi connectivity index (χ1) is 17.0. The van der Waals surface area contributed by atoms with Gasteiger partial charge in [0.1, 0.15) is 6.61 Å². The predicted molar refractivity (Wildman–Crippen MR) is 131 cm³/mol. The fourth-order valence-corrected chi connectivity index (χ4v) is 6.08. The van der Waals surface area contributed by atoms with E-state index in [2.05, 4.69) is 29.6 Å². The molecule has 2 amide bonds. The smallest absolute Gasteiger partial charge is 0.407 e. The first kappa shape index (κ1) is 23.4. The van der Waals surface area contributed by atoms with E-state index in [0.717, 1.165) is 24.0 Å². The van der Waals surface area contributed by atoms with E-state index >= 15 is 0 Å². The normalized spacial score (nSPS) is 23.0. The molecular weight excluding hydrogens is 444 g/mol.